The topological polar surface area (TPSA) is 23.5 Å². The highest BCUT2D eigenvalue weighted by Crippen LogP contribution is 2.34. The molecule has 2 nitrogen and oxygen atoms in total. The summed E-state index contributed by atoms with van der Waals surface area (Å²) in [6.45, 7) is 5.98. The van der Waals surface area contributed by atoms with Crippen molar-refractivity contribution in [3.63, 3.8) is 0 Å². The summed E-state index contributed by atoms with van der Waals surface area (Å²) >= 11 is 0. The van der Waals surface area contributed by atoms with Gasteiger partial charge in [0.1, 0.15) is 0 Å². The van der Waals surface area contributed by atoms with E-state index in [0.717, 1.165) is 12.8 Å². The molecule has 1 N–H and O–H groups in total. The average molecular weight is 211 g/mol. The molecule has 0 spiro atoms. The van der Waals surface area contributed by atoms with Gasteiger partial charge in [-0.3, -0.25) is 4.90 Å². The Kier molecular flexibility index (Phi) is 3.36. The van der Waals surface area contributed by atoms with E-state index in [2.05, 4.69) is 18.7 Å². The maximum atomic E-state index is 9.75. The number of hydrogen-bond donors (Lipinski definition) is 1. The molecule has 2 aliphatic rings. The Morgan fingerprint density at radius 3 is 2.60 bits per heavy atom. The number of hydrogen-bond acceptors (Lipinski definition) is 2. The van der Waals surface area contributed by atoms with E-state index in [1.165, 1.54) is 38.6 Å². The van der Waals surface area contributed by atoms with Gasteiger partial charge in [0.15, 0.2) is 0 Å². The van der Waals surface area contributed by atoms with Gasteiger partial charge in [0.05, 0.1) is 6.10 Å². The molecule has 0 bridgehead atoms. The van der Waals surface area contributed by atoms with Gasteiger partial charge < -0.3 is 5.11 Å². The number of likely N-dealkylation sites (tertiary alicyclic amines) is 1. The molecule has 1 aliphatic heterocycles. The van der Waals surface area contributed by atoms with Crippen molar-refractivity contribution < 1.29 is 5.11 Å². The highest BCUT2D eigenvalue weighted by atomic mass is 16.3. The van der Waals surface area contributed by atoms with Crippen LogP contribution in [0.4, 0.5) is 0 Å². The van der Waals surface area contributed by atoms with E-state index in [4.69, 9.17) is 0 Å². The highest BCUT2D eigenvalue weighted by Gasteiger charge is 2.36. The first kappa shape index (κ1) is 11.4. The van der Waals surface area contributed by atoms with Crippen molar-refractivity contribution in [3.05, 3.63) is 0 Å². The molecule has 0 aromatic heterocycles. The van der Waals surface area contributed by atoms with Crippen molar-refractivity contribution in [1.82, 2.24) is 4.90 Å². The fourth-order valence-electron chi connectivity index (χ4n) is 3.38. The predicted molar refractivity (Wildman–Crippen MR) is 62.9 cm³/mol. The predicted octanol–water partition coefficient (Wildman–Crippen LogP) is 2.55. The van der Waals surface area contributed by atoms with Crippen LogP contribution in [0.2, 0.25) is 0 Å². The maximum absolute atomic E-state index is 9.75. The summed E-state index contributed by atoms with van der Waals surface area (Å²) in [5.74, 6) is 0. The highest BCUT2D eigenvalue weighted by molar-refractivity contribution is 4.92. The van der Waals surface area contributed by atoms with Crippen molar-refractivity contribution >= 4 is 0 Å². The molecule has 15 heavy (non-hydrogen) atoms. The molecule has 1 aliphatic carbocycles. The minimum Gasteiger partial charge on any atom is -0.393 e. The third-order valence-electron chi connectivity index (χ3n) is 4.27. The molecule has 2 atom stereocenters. The second-order valence-corrected chi connectivity index (χ2v) is 5.94. The monoisotopic (exact) mass is 211 g/mol. The largest absolute Gasteiger partial charge is 0.393 e. The van der Waals surface area contributed by atoms with Gasteiger partial charge >= 0.3 is 0 Å². The molecule has 1 heterocycles. The molecule has 1 saturated heterocycles. The Labute approximate surface area is 93.7 Å². The van der Waals surface area contributed by atoms with E-state index < -0.39 is 0 Å². The summed E-state index contributed by atoms with van der Waals surface area (Å²) < 4.78 is 0. The fourth-order valence-corrected chi connectivity index (χ4v) is 3.38. The molecule has 1 saturated carbocycles. The van der Waals surface area contributed by atoms with Gasteiger partial charge in [-0.05, 0) is 58.9 Å². The van der Waals surface area contributed by atoms with Crippen molar-refractivity contribution in [2.45, 2.75) is 76.5 Å². The fraction of sp³-hybridized carbons (Fsp3) is 1.00. The van der Waals surface area contributed by atoms with E-state index in [1.807, 2.05) is 0 Å². The summed E-state index contributed by atoms with van der Waals surface area (Å²) in [6.07, 6.45) is 8.52. The lowest BCUT2D eigenvalue weighted by Crippen LogP contribution is -2.54. The summed E-state index contributed by atoms with van der Waals surface area (Å²) in [5, 5.41) is 9.75. The molecule has 2 rings (SSSR count). The van der Waals surface area contributed by atoms with Crippen molar-refractivity contribution in [2.24, 2.45) is 0 Å². The van der Waals surface area contributed by atoms with E-state index in [-0.39, 0.29) is 6.10 Å². The molecule has 0 aromatic carbocycles. The number of rotatable bonds is 1. The van der Waals surface area contributed by atoms with Gasteiger partial charge in [-0.1, -0.05) is 6.42 Å². The van der Waals surface area contributed by atoms with Crippen LogP contribution in [-0.2, 0) is 0 Å². The summed E-state index contributed by atoms with van der Waals surface area (Å²) in [7, 11) is 0. The molecule has 2 heteroatoms. The van der Waals surface area contributed by atoms with Crippen LogP contribution in [-0.4, -0.2) is 34.2 Å². The second-order valence-electron chi connectivity index (χ2n) is 5.94. The zero-order valence-corrected chi connectivity index (χ0v) is 10.2. The molecule has 2 fully saturated rings. The minimum absolute atomic E-state index is 0.0403. The normalized spacial score (nSPS) is 37.8. The standard InChI is InChI=1S/C13H25NO/c1-13(2)8-3-4-9-14(13)11-6-5-7-12(15)10-11/h11-12,15H,3-10H2,1-2H3. The quantitative estimate of drug-likeness (QED) is 0.720. The van der Waals surface area contributed by atoms with Crippen LogP contribution < -0.4 is 0 Å². The van der Waals surface area contributed by atoms with Gasteiger partial charge in [-0.25, -0.2) is 0 Å². The van der Waals surface area contributed by atoms with Gasteiger partial charge in [0, 0.05) is 11.6 Å². The third kappa shape index (κ3) is 2.54. The van der Waals surface area contributed by atoms with E-state index in [1.54, 1.807) is 0 Å². The Balaban J connectivity index is 2.01. The van der Waals surface area contributed by atoms with Crippen molar-refractivity contribution in [2.75, 3.05) is 6.54 Å². The molecule has 2 unspecified atom stereocenters. The molecular formula is C13H25NO. The van der Waals surface area contributed by atoms with Crippen LogP contribution in [0.25, 0.3) is 0 Å². The SMILES string of the molecule is CC1(C)CCCCN1C1CCCC(O)C1. The van der Waals surface area contributed by atoms with Gasteiger partial charge in [0.2, 0.25) is 0 Å². The van der Waals surface area contributed by atoms with E-state index in [0.29, 0.717) is 11.6 Å². The molecule has 0 radical (unpaired) electrons. The lowest BCUT2D eigenvalue weighted by molar-refractivity contribution is -0.0111. The summed E-state index contributed by atoms with van der Waals surface area (Å²) in [4.78, 5) is 2.67. The lowest BCUT2D eigenvalue weighted by atomic mass is 9.84. The van der Waals surface area contributed by atoms with Gasteiger partial charge in [-0.15, -0.1) is 0 Å². The van der Waals surface area contributed by atoms with Crippen LogP contribution in [0, 0.1) is 0 Å². The third-order valence-corrected chi connectivity index (χ3v) is 4.27. The summed E-state index contributed by atoms with van der Waals surface area (Å²) in [5.41, 5.74) is 0.361. The number of aliphatic hydroxyl groups is 1. The first-order valence-corrected chi connectivity index (χ1v) is 6.54. The molecule has 88 valence electrons. The van der Waals surface area contributed by atoms with Crippen LogP contribution in [0.3, 0.4) is 0 Å². The Hall–Kier alpha value is -0.0800. The van der Waals surface area contributed by atoms with Crippen LogP contribution in [0.5, 0.6) is 0 Å². The zero-order chi connectivity index (χ0) is 10.9. The number of nitrogens with zero attached hydrogens (tertiary/aromatic N) is 1. The van der Waals surface area contributed by atoms with Crippen molar-refractivity contribution in [3.8, 4) is 0 Å². The Morgan fingerprint density at radius 1 is 1.13 bits per heavy atom. The summed E-state index contributed by atoms with van der Waals surface area (Å²) in [6, 6.07) is 0.643. The van der Waals surface area contributed by atoms with Gasteiger partial charge in [0.25, 0.3) is 0 Å². The average Bonchev–Trinajstić information content (AvgIpc) is 2.17. The zero-order valence-electron chi connectivity index (χ0n) is 10.2. The smallest absolute Gasteiger partial charge is 0.0555 e. The first-order valence-electron chi connectivity index (χ1n) is 6.54. The molecular weight excluding hydrogens is 186 g/mol. The Morgan fingerprint density at radius 2 is 1.93 bits per heavy atom. The molecule has 0 amide bonds. The maximum Gasteiger partial charge on any atom is 0.0555 e. The van der Waals surface area contributed by atoms with Gasteiger partial charge in [-0.2, -0.15) is 0 Å². The van der Waals surface area contributed by atoms with Crippen LogP contribution in [0.1, 0.15) is 58.8 Å². The van der Waals surface area contributed by atoms with Crippen molar-refractivity contribution in [1.29, 1.82) is 0 Å². The van der Waals surface area contributed by atoms with Crippen LogP contribution in [0.15, 0.2) is 0 Å². The van der Waals surface area contributed by atoms with Crippen LogP contribution >= 0.6 is 0 Å². The molecule has 0 aromatic rings. The van der Waals surface area contributed by atoms with E-state index >= 15 is 0 Å². The first-order chi connectivity index (χ1) is 7.09. The lowest BCUT2D eigenvalue weighted by Gasteiger charge is -2.48. The second kappa shape index (κ2) is 4.42. The number of piperidine rings is 1. The number of aliphatic hydroxyl groups excluding tert-OH is 1. The minimum atomic E-state index is -0.0403. The van der Waals surface area contributed by atoms with E-state index in [9.17, 15) is 5.11 Å². The Bertz CT molecular complexity index is 215.